The lowest BCUT2D eigenvalue weighted by Crippen LogP contribution is -2.33. The highest BCUT2D eigenvalue weighted by Crippen LogP contribution is 2.26. The first-order valence-electron chi connectivity index (χ1n) is 9.10. The Labute approximate surface area is 157 Å². The predicted octanol–water partition coefficient (Wildman–Crippen LogP) is 3.04. The normalized spacial score (nSPS) is 15.0. The Bertz CT molecular complexity index is 760. The lowest BCUT2D eigenvalue weighted by atomic mass is 10.2. The zero-order valence-electron chi connectivity index (χ0n) is 15.0. The van der Waals surface area contributed by atoms with Crippen LogP contribution in [0.2, 0.25) is 0 Å². The molecule has 1 aliphatic rings. The van der Waals surface area contributed by atoms with Gasteiger partial charge in [0.15, 0.2) is 0 Å². The molecule has 1 aliphatic heterocycles. The molecule has 138 valence electrons. The van der Waals surface area contributed by atoms with E-state index in [9.17, 15) is 9.59 Å². The van der Waals surface area contributed by atoms with Crippen molar-refractivity contribution in [1.29, 1.82) is 0 Å². The summed E-state index contributed by atoms with van der Waals surface area (Å²) in [7, 11) is 0. The van der Waals surface area contributed by atoms with Crippen LogP contribution < -0.4 is 5.32 Å². The Hall–Kier alpha value is -2.28. The van der Waals surface area contributed by atoms with Gasteiger partial charge >= 0.3 is 0 Å². The maximum absolute atomic E-state index is 12.4. The van der Waals surface area contributed by atoms with Gasteiger partial charge in [0.25, 0.3) is 5.91 Å². The maximum Gasteiger partial charge on any atom is 0.263 e. The highest BCUT2D eigenvalue weighted by atomic mass is 32.1. The standard InChI is InChI=1S/C19H24N4O2S/c1-14-17(26-19(22-14)15-8-4-5-10-20-15)18(25)21-11-7-13-23-12-6-2-3-9-16(23)24/h4-5,8,10H,2-3,6-7,9,11-13H2,1H3,(H,21,25). The zero-order chi connectivity index (χ0) is 18.4. The number of nitrogens with zero attached hydrogens (tertiary/aromatic N) is 3. The molecule has 0 spiro atoms. The summed E-state index contributed by atoms with van der Waals surface area (Å²) in [6, 6.07) is 5.65. The molecular formula is C19H24N4O2S. The zero-order valence-corrected chi connectivity index (χ0v) is 15.8. The third-order valence-electron chi connectivity index (χ3n) is 4.45. The van der Waals surface area contributed by atoms with Crippen LogP contribution in [0.1, 0.15) is 47.5 Å². The first-order valence-corrected chi connectivity index (χ1v) is 9.91. The molecule has 0 radical (unpaired) electrons. The average molecular weight is 372 g/mol. The van der Waals surface area contributed by atoms with Crippen molar-refractivity contribution in [2.24, 2.45) is 0 Å². The second-order valence-electron chi connectivity index (χ2n) is 6.45. The van der Waals surface area contributed by atoms with Gasteiger partial charge in [-0.15, -0.1) is 11.3 Å². The summed E-state index contributed by atoms with van der Waals surface area (Å²) in [5, 5.41) is 3.70. The van der Waals surface area contributed by atoms with Crippen molar-refractivity contribution in [1.82, 2.24) is 20.2 Å². The van der Waals surface area contributed by atoms with E-state index in [1.165, 1.54) is 11.3 Å². The summed E-state index contributed by atoms with van der Waals surface area (Å²) in [6.45, 7) is 3.95. The SMILES string of the molecule is Cc1nc(-c2ccccn2)sc1C(=O)NCCCN1CCCCCC1=O. The van der Waals surface area contributed by atoms with Crippen LogP contribution in [0.4, 0.5) is 0 Å². The number of carbonyl (C=O) groups excluding carboxylic acids is 2. The Balaban J connectivity index is 1.51. The topological polar surface area (TPSA) is 75.2 Å². The van der Waals surface area contributed by atoms with Gasteiger partial charge in [0.2, 0.25) is 5.91 Å². The maximum atomic E-state index is 12.4. The number of nitrogens with one attached hydrogen (secondary N) is 1. The molecule has 0 saturated carbocycles. The number of hydrogen-bond acceptors (Lipinski definition) is 5. The minimum atomic E-state index is -0.107. The van der Waals surface area contributed by atoms with Crippen LogP contribution >= 0.6 is 11.3 Å². The van der Waals surface area contributed by atoms with Crippen molar-refractivity contribution in [3.05, 3.63) is 35.0 Å². The van der Waals surface area contributed by atoms with Crippen molar-refractivity contribution in [2.75, 3.05) is 19.6 Å². The van der Waals surface area contributed by atoms with Crippen LogP contribution in [0, 0.1) is 6.92 Å². The van der Waals surface area contributed by atoms with E-state index in [0.29, 0.717) is 24.4 Å². The predicted molar refractivity (Wildman–Crippen MR) is 102 cm³/mol. The van der Waals surface area contributed by atoms with Crippen molar-refractivity contribution in [3.63, 3.8) is 0 Å². The number of thiazole rings is 1. The lowest BCUT2D eigenvalue weighted by Gasteiger charge is -2.20. The Kier molecular flexibility index (Phi) is 6.33. The molecule has 3 heterocycles. The van der Waals surface area contributed by atoms with E-state index in [-0.39, 0.29) is 11.8 Å². The van der Waals surface area contributed by atoms with Gasteiger partial charge in [-0.1, -0.05) is 12.5 Å². The second-order valence-corrected chi connectivity index (χ2v) is 7.45. The van der Waals surface area contributed by atoms with Gasteiger partial charge in [0, 0.05) is 32.3 Å². The fourth-order valence-electron chi connectivity index (χ4n) is 3.03. The van der Waals surface area contributed by atoms with E-state index >= 15 is 0 Å². The Morgan fingerprint density at radius 3 is 3.00 bits per heavy atom. The number of pyridine rings is 1. The molecule has 7 heteroatoms. The molecule has 26 heavy (non-hydrogen) atoms. The van der Waals surface area contributed by atoms with Crippen LogP contribution in [0.3, 0.4) is 0 Å². The van der Waals surface area contributed by atoms with E-state index in [0.717, 1.165) is 48.6 Å². The highest BCUT2D eigenvalue weighted by Gasteiger charge is 2.18. The molecular weight excluding hydrogens is 348 g/mol. The number of aromatic nitrogens is 2. The summed E-state index contributed by atoms with van der Waals surface area (Å²) in [5.74, 6) is 0.136. The van der Waals surface area contributed by atoms with Crippen LogP contribution in [0.15, 0.2) is 24.4 Å². The van der Waals surface area contributed by atoms with E-state index in [4.69, 9.17) is 0 Å². The van der Waals surface area contributed by atoms with E-state index in [2.05, 4.69) is 15.3 Å². The third-order valence-corrected chi connectivity index (χ3v) is 5.63. The second kappa shape index (κ2) is 8.89. The molecule has 2 aromatic heterocycles. The van der Waals surface area contributed by atoms with Gasteiger partial charge in [-0.3, -0.25) is 14.6 Å². The molecule has 0 bridgehead atoms. The van der Waals surface area contributed by atoms with Gasteiger partial charge < -0.3 is 10.2 Å². The summed E-state index contributed by atoms with van der Waals surface area (Å²) in [6.07, 6.45) is 6.34. The lowest BCUT2D eigenvalue weighted by molar-refractivity contribution is -0.130. The molecule has 1 saturated heterocycles. The van der Waals surface area contributed by atoms with Crippen molar-refractivity contribution in [3.8, 4) is 10.7 Å². The van der Waals surface area contributed by atoms with Crippen LogP contribution in [0.25, 0.3) is 10.7 Å². The van der Waals surface area contributed by atoms with E-state index < -0.39 is 0 Å². The van der Waals surface area contributed by atoms with Gasteiger partial charge in [-0.05, 0) is 38.3 Å². The van der Waals surface area contributed by atoms with E-state index in [1.807, 2.05) is 30.0 Å². The molecule has 2 aromatic rings. The quantitative estimate of drug-likeness (QED) is 0.791. The molecule has 1 N–H and O–H groups in total. The Morgan fingerprint density at radius 2 is 2.19 bits per heavy atom. The summed E-state index contributed by atoms with van der Waals surface area (Å²) < 4.78 is 0. The van der Waals surface area contributed by atoms with Crippen molar-refractivity contribution in [2.45, 2.75) is 39.0 Å². The number of likely N-dealkylation sites (tertiary alicyclic amines) is 1. The van der Waals surface area contributed by atoms with Crippen molar-refractivity contribution >= 4 is 23.2 Å². The van der Waals surface area contributed by atoms with Gasteiger partial charge in [-0.25, -0.2) is 4.98 Å². The molecule has 3 rings (SSSR count). The Morgan fingerprint density at radius 1 is 1.31 bits per heavy atom. The van der Waals surface area contributed by atoms with Gasteiger partial charge in [0.05, 0.1) is 11.4 Å². The van der Waals surface area contributed by atoms with E-state index in [1.54, 1.807) is 6.20 Å². The molecule has 0 aliphatic carbocycles. The number of amides is 2. The number of carbonyl (C=O) groups is 2. The monoisotopic (exact) mass is 372 g/mol. The molecule has 0 atom stereocenters. The average Bonchev–Trinajstić information content (AvgIpc) is 2.93. The summed E-state index contributed by atoms with van der Waals surface area (Å²) >= 11 is 1.36. The molecule has 1 fully saturated rings. The van der Waals surface area contributed by atoms with Crippen molar-refractivity contribution < 1.29 is 9.59 Å². The minimum Gasteiger partial charge on any atom is -0.351 e. The molecule has 0 aromatic carbocycles. The van der Waals surface area contributed by atoms with Gasteiger partial charge in [0.1, 0.15) is 9.88 Å². The molecule has 6 nitrogen and oxygen atoms in total. The largest absolute Gasteiger partial charge is 0.351 e. The fraction of sp³-hybridized carbons (Fsp3) is 0.474. The highest BCUT2D eigenvalue weighted by molar-refractivity contribution is 7.17. The molecule has 0 unspecified atom stereocenters. The number of rotatable bonds is 6. The fourth-order valence-corrected chi connectivity index (χ4v) is 3.99. The third kappa shape index (κ3) is 4.66. The van der Waals surface area contributed by atoms with Gasteiger partial charge in [-0.2, -0.15) is 0 Å². The van der Waals surface area contributed by atoms with Crippen LogP contribution in [-0.2, 0) is 4.79 Å². The van der Waals surface area contributed by atoms with Crippen LogP contribution in [-0.4, -0.2) is 46.3 Å². The summed E-state index contributed by atoms with van der Waals surface area (Å²) in [4.78, 5) is 35.7. The number of hydrogen-bond donors (Lipinski definition) is 1. The molecule has 2 amide bonds. The van der Waals surface area contributed by atoms with Crippen LogP contribution in [0.5, 0.6) is 0 Å². The first kappa shape index (κ1) is 18.5. The smallest absolute Gasteiger partial charge is 0.263 e. The summed E-state index contributed by atoms with van der Waals surface area (Å²) in [5.41, 5.74) is 1.50. The number of aryl methyl sites for hydroxylation is 1. The minimum absolute atomic E-state index is 0.107. The first-order chi connectivity index (χ1) is 12.6.